The molecule has 5 heteroatoms. The van der Waals surface area contributed by atoms with Gasteiger partial charge in [-0.3, -0.25) is 4.79 Å². The molecule has 128 valence electrons. The minimum atomic E-state index is -0.0363. The van der Waals surface area contributed by atoms with Gasteiger partial charge >= 0.3 is 0 Å². The maximum atomic E-state index is 12.2. The van der Waals surface area contributed by atoms with Crippen LogP contribution in [0.2, 0.25) is 0 Å². The number of aryl methyl sites for hydroxylation is 1. The summed E-state index contributed by atoms with van der Waals surface area (Å²) in [5, 5.41) is 4.87. The molecule has 3 aromatic rings. The van der Waals surface area contributed by atoms with Gasteiger partial charge in [-0.1, -0.05) is 36.9 Å². The number of nitrogens with zero attached hydrogens (tertiary/aromatic N) is 1. The Labute approximate surface area is 151 Å². The van der Waals surface area contributed by atoms with E-state index in [-0.39, 0.29) is 5.91 Å². The van der Waals surface area contributed by atoms with Crippen molar-refractivity contribution in [2.75, 3.05) is 18.2 Å². The second-order valence-corrected chi connectivity index (χ2v) is 6.53. The third kappa shape index (κ3) is 4.31. The van der Waals surface area contributed by atoms with Crippen LogP contribution in [-0.2, 0) is 11.2 Å². The number of hydrogen-bond donors (Lipinski definition) is 1. The number of pyridine rings is 1. The van der Waals surface area contributed by atoms with Crippen LogP contribution >= 0.6 is 11.8 Å². The molecule has 0 bridgehead atoms. The first-order valence-corrected chi connectivity index (χ1v) is 9.13. The standard InChI is InChI=1S/C20H20N2O2S/c1-3-14-11-15-9-10-17(24-2)12-18(15)22-20(14)25-13-19(23)21-16-7-5-4-6-8-16/h4-12H,3,13H2,1-2H3,(H,21,23). The highest BCUT2D eigenvalue weighted by Gasteiger charge is 2.10. The smallest absolute Gasteiger partial charge is 0.234 e. The molecule has 1 N–H and O–H groups in total. The number of methoxy groups -OCH3 is 1. The molecule has 25 heavy (non-hydrogen) atoms. The number of rotatable bonds is 6. The molecule has 0 fully saturated rings. The minimum Gasteiger partial charge on any atom is -0.497 e. The SMILES string of the molecule is CCc1cc2ccc(OC)cc2nc1SCC(=O)Nc1ccccc1. The number of ether oxygens (including phenoxy) is 1. The number of anilines is 1. The fourth-order valence-electron chi connectivity index (χ4n) is 2.53. The number of nitrogens with one attached hydrogen (secondary N) is 1. The lowest BCUT2D eigenvalue weighted by Gasteiger charge is -2.10. The van der Waals surface area contributed by atoms with Crippen molar-refractivity contribution in [3.05, 3.63) is 60.2 Å². The van der Waals surface area contributed by atoms with E-state index in [1.54, 1.807) is 7.11 Å². The minimum absolute atomic E-state index is 0.0363. The second kappa shape index (κ2) is 8.03. The van der Waals surface area contributed by atoms with Crippen molar-refractivity contribution in [2.24, 2.45) is 0 Å². The van der Waals surface area contributed by atoms with Gasteiger partial charge in [0.05, 0.1) is 18.4 Å². The van der Waals surface area contributed by atoms with Gasteiger partial charge in [0.25, 0.3) is 0 Å². The van der Waals surface area contributed by atoms with Gasteiger partial charge in [0, 0.05) is 17.1 Å². The predicted octanol–water partition coefficient (Wildman–Crippen LogP) is 4.54. The molecule has 0 spiro atoms. The van der Waals surface area contributed by atoms with Gasteiger partial charge in [0.2, 0.25) is 5.91 Å². The summed E-state index contributed by atoms with van der Waals surface area (Å²) in [5.41, 5.74) is 2.83. The van der Waals surface area contributed by atoms with Crippen molar-refractivity contribution in [3.63, 3.8) is 0 Å². The maximum absolute atomic E-state index is 12.2. The molecular weight excluding hydrogens is 332 g/mol. The zero-order valence-corrected chi connectivity index (χ0v) is 15.1. The zero-order valence-electron chi connectivity index (χ0n) is 14.3. The van der Waals surface area contributed by atoms with Crippen molar-refractivity contribution < 1.29 is 9.53 Å². The number of carbonyl (C=O) groups is 1. The Kier molecular flexibility index (Phi) is 5.56. The molecule has 0 aliphatic carbocycles. The van der Waals surface area contributed by atoms with E-state index < -0.39 is 0 Å². The van der Waals surface area contributed by atoms with Crippen molar-refractivity contribution in [2.45, 2.75) is 18.4 Å². The molecule has 1 aromatic heterocycles. The van der Waals surface area contributed by atoms with Crippen LogP contribution in [0.3, 0.4) is 0 Å². The van der Waals surface area contributed by atoms with Crippen LogP contribution in [0.1, 0.15) is 12.5 Å². The van der Waals surface area contributed by atoms with Gasteiger partial charge in [-0.15, -0.1) is 0 Å². The monoisotopic (exact) mass is 352 g/mol. The highest BCUT2D eigenvalue weighted by Crippen LogP contribution is 2.27. The Morgan fingerprint density at radius 2 is 1.96 bits per heavy atom. The molecule has 0 aliphatic rings. The lowest BCUT2D eigenvalue weighted by atomic mass is 10.1. The van der Waals surface area contributed by atoms with Crippen LogP contribution in [0.5, 0.6) is 5.75 Å². The van der Waals surface area contributed by atoms with Gasteiger partial charge in [-0.25, -0.2) is 4.98 Å². The second-order valence-electron chi connectivity index (χ2n) is 5.57. The predicted molar refractivity (Wildman–Crippen MR) is 103 cm³/mol. The summed E-state index contributed by atoms with van der Waals surface area (Å²) in [4.78, 5) is 16.9. The third-order valence-corrected chi connectivity index (χ3v) is 4.88. The number of aromatic nitrogens is 1. The van der Waals surface area contributed by atoms with Crippen molar-refractivity contribution in [3.8, 4) is 5.75 Å². The molecule has 1 amide bonds. The molecule has 0 saturated carbocycles. The lowest BCUT2D eigenvalue weighted by Crippen LogP contribution is -2.14. The first kappa shape index (κ1) is 17.3. The summed E-state index contributed by atoms with van der Waals surface area (Å²) in [6.45, 7) is 2.10. The van der Waals surface area contributed by atoms with Crippen LogP contribution < -0.4 is 10.1 Å². The maximum Gasteiger partial charge on any atom is 0.234 e. The van der Waals surface area contributed by atoms with Gasteiger partial charge in [0.15, 0.2) is 0 Å². The van der Waals surface area contributed by atoms with Crippen LogP contribution in [0.4, 0.5) is 5.69 Å². The molecule has 3 rings (SSSR count). The lowest BCUT2D eigenvalue weighted by molar-refractivity contribution is -0.113. The van der Waals surface area contributed by atoms with Gasteiger partial charge in [-0.2, -0.15) is 0 Å². The normalized spacial score (nSPS) is 10.6. The van der Waals surface area contributed by atoms with Gasteiger partial charge in [0.1, 0.15) is 10.8 Å². The summed E-state index contributed by atoms with van der Waals surface area (Å²) < 4.78 is 5.27. The van der Waals surface area contributed by atoms with Gasteiger partial charge < -0.3 is 10.1 Å². The number of fused-ring (bicyclic) bond motifs is 1. The van der Waals surface area contributed by atoms with Crippen LogP contribution in [-0.4, -0.2) is 23.8 Å². The molecule has 0 aliphatic heterocycles. The van der Waals surface area contributed by atoms with Crippen molar-refractivity contribution in [1.29, 1.82) is 0 Å². The first-order valence-electron chi connectivity index (χ1n) is 8.15. The van der Waals surface area contributed by atoms with E-state index in [1.165, 1.54) is 11.8 Å². The van der Waals surface area contributed by atoms with Crippen molar-refractivity contribution >= 4 is 34.3 Å². The van der Waals surface area contributed by atoms with E-state index in [1.807, 2.05) is 48.5 Å². The van der Waals surface area contributed by atoms with Gasteiger partial charge in [-0.05, 0) is 42.3 Å². The Balaban J connectivity index is 1.76. The topological polar surface area (TPSA) is 51.2 Å². The van der Waals surface area contributed by atoms with E-state index >= 15 is 0 Å². The summed E-state index contributed by atoms with van der Waals surface area (Å²) in [5.74, 6) is 1.07. The number of amides is 1. The average Bonchev–Trinajstić information content (AvgIpc) is 2.65. The Hall–Kier alpha value is -2.53. The van der Waals surface area contributed by atoms with E-state index in [9.17, 15) is 4.79 Å². The molecule has 0 unspecified atom stereocenters. The fraction of sp³-hybridized carbons (Fsp3) is 0.200. The average molecular weight is 352 g/mol. The number of thioether (sulfide) groups is 1. The summed E-state index contributed by atoms with van der Waals surface area (Å²) >= 11 is 1.46. The van der Waals surface area contributed by atoms with Crippen molar-refractivity contribution in [1.82, 2.24) is 4.98 Å². The highest BCUT2D eigenvalue weighted by atomic mass is 32.2. The Morgan fingerprint density at radius 3 is 2.68 bits per heavy atom. The van der Waals surface area contributed by atoms with Crippen LogP contribution in [0.25, 0.3) is 10.9 Å². The molecule has 0 atom stereocenters. The fourth-order valence-corrected chi connectivity index (χ4v) is 3.42. The zero-order chi connectivity index (χ0) is 17.6. The number of hydrogen-bond acceptors (Lipinski definition) is 4. The van der Waals surface area contributed by atoms with E-state index in [0.29, 0.717) is 5.75 Å². The molecule has 2 aromatic carbocycles. The van der Waals surface area contributed by atoms with Crippen LogP contribution in [0, 0.1) is 0 Å². The molecular formula is C20H20N2O2S. The summed E-state index contributed by atoms with van der Waals surface area (Å²) in [6, 6.07) is 17.5. The molecule has 1 heterocycles. The number of carbonyl (C=O) groups excluding carboxylic acids is 1. The molecule has 4 nitrogen and oxygen atoms in total. The quantitative estimate of drug-likeness (QED) is 0.662. The molecule has 0 radical (unpaired) electrons. The number of benzene rings is 2. The van der Waals surface area contributed by atoms with E-state index in [2.05, 4.69) is 18.3 Å². The largest absolute Gasteiger partial charge is 0.497 e. The third-order valence-electron chi connectivity index (χ3n) is 3.84. The molecule has 0 saturated heterocycles. The Bertz CT molecular complexity index is 882. The summed E-state index contributed by atoms with van der Waals surface area (Å²) in [6.07, 6.45) is 0.873. The van der Waals surface area contributed by atoms with E-state index in [0.717, 1.165) is 39.4 Å². The number of para-hydroxylation sites is 1. The summed E-state index contributed by atoms with van der Waals surface area (Å²) in [7, 11) is 1.64. The first-order chi connectivity index (χ1) is 12.2. The highest BCUT2D eigenvalue weighted by molar-refractivity contribution is 8.00. The Morgan fingerprint density at radius 1 is 1.16 bits per heavy atom. The van der Waals surface area contributed by atoms with Crippen LogP contribution in [0.15, 0.2) is 59.6 Å². The van der Waals surface area contributed by atoms with E-state index in [4.69, 9.17) is 9.72 Å².